The number of methoxy groups -OCH3 is 1. The van der Waals surface area contributed by atoms with Gasteiger partial charge in [0.2, 0.25) is 0 Å². The van der Waals surface area contributed by atoms with Gasteiger partial charge in [-0.15, -0.1) is 0 Å². The molecule has 3 rings (SSSR count). The lowest BCUT2D eigenvalue weighted by Gasteiger charge is -2.39. The SMILES string of the molecule is COC(C)(C)C(=O)N1CCC2NNC(c3ccc(F)c(F)c3)C2C1. The maximum Gasteiger partial charge on any atom is 0.254 e. The number of hydrogen-bond donors (Lipinski definition) is 2. The van der Waals surface area contributed by atoms with Crippen LogP contribution in [0.3, 0.4) is 0 Å². The van der Waals surface area contributed by atoms with Crippen molar-refractivity contribution in [2.45, 2.75) is 38.0 Å². The number of halogens is 2. The standard InChI is InChI=1S/C17H23F2N3O2/c1-17(2,24-3)16(23)22-7-6-14-11(9-22)15(21-20-14)10-4-5-12(18)13(19)8-10/h4-5,8,11,14-15,20-21H,6-7,9H2,1-3H3. The van der Waals surface area contributed by atoms with Crippen LogP contribution < -0.4 is 10.9 Å². The smallest absolute Gasteiger partial charge is 0.254 e. The quantitative estimate of drug-likeness (QED) is 0.881. The van der Waals surface area contributed by atoms with Gasteiger partial charge in [-0.1, -0.05) is 6.07 Å². The minimum absolute atomic E-state index is 0.0561. The van der Waals surface area contributed by atoms with Gasteiger partial charge >= 0.3 is 0 Å². The summed E-state index contributed by atoms with van der Waals surface area (Å²) in [5.74, 6) is -1.69. The fraction of sp³-hybridized carbons (Fsp3) is 0.588. The van der Waals surface area contributed by atoms with E-state index in [0.717, 1.165) is 12.5 Å². The predicted octanol–water partition coefficient (Wildman–Crippen LogP) is 1.76. The van der Waals surface area contributed by atoms with E-state index >= 15 is 0 Å². The van der Waals surface area contributed by atoms with E-state index in [1.807, 2.05) is 0 Å². The van der Waals surface area contributed by atoms with Gasteiger partial charge < -0.3 is 9.64 Å². The number of benzene rings is 1. The zero-order valence-electron chi connectivity index (χ0n) is 14.1. The summed E-state index contributed by atoms with van der Waals surface area (Å²) in [6.07, 6.45) is 0.795. The summed E-state index contributed by atoms with van der Waals surface area (Å²) in [4.78, 5) is 14.4. The molecule has 7 heteroatoms. The predicted molar refractivity (Wildman–Crippen MR) is 84.9 cm³/mol. The summed E-state index contributed by atoms with van der Waals surface area (Å²) in [6, 6.07) is 3.96. The second-order valence-electron chi connectivity index (χ2n) is 6.96. The first kappa shape index (κ1) is 17.3. The molecule has 1 amide bonds. The number of rotatable bonds is 3. The largest absolute Gasteiger partial charge is 0.369 e. The molecule has 1 aromatic carbocycles. The molecule has 132 valence electrons. The van der Waals surface area contributed by atoms with Gasteiger partial charge in [0.25, 0.3) is 5.91 Å². The monoisotopic (exact) mass is 339 g/mol. The number of fused-ring (bicyclic) bond motifs is 1. The zero-order valence-corrected chi connectivity index (χ0v) is 14.1. The number of likely N-dealkylation sites (tertiary alicyclic amines) is 1. The molecule has 0 spiro atoms. The molecule has 0 aliphatic carbocycles. The molecule has 2 aliphatic rings. The van der Waals surface area contributed by atoms with Gasteiger partial charge in [0.15, 0.2) is 11.6 Å². The third-order valence-electron chi connectivity index (χ3n) is 5.13. The molecular weight excluding hydrogens is 316 g/mol. The Bertz CT molecular complexity index is 638. The molecular formula is C17H23F2N3O2. The highest BCUT2D eigenvalue weighted by molar-refractivity contribution is 5.84. The highest BCUT2D eigenvalue weighted by atomic mass is 19.2. The zero-order chi connectivity index (χ0) is 17.5. The number of nitrogens with zero attached hydrogens (tertiary/aromatic N) is 1. The van der Waals surface area contributed by atoms with Crippen molar-refractivity contribution in [1.82, 2.24) is 15.8 Å². The fourth-order valence-corrected chi connectivity index (χ4v) is 3.49. The topological polar surface area (TPSA) is 53.6 Å². The molecule has 0 radical (unpaired) electrons. The maximum absolute atomic E-state index is 13.6. The van der Waals surface area contributed by atoms with E-state index in [4.69, 9.17) is 4.74 Å². The number of hydrogen-bond acceptors (Lipinski definition) is 4. The molecule has 1 aromatic rings. The third-order valence-corrected chi connectivity index (χ3v) is 5.13. The van der Waals surface area contributed by atoms with E-state index in [0.29, 0.717) is 18.7 Å². The molecule has 3 atom stereocenters. The van der Waals surface area contributed by atoms with Crippen LogP contribution >= 0.6 is 0 Å². The van der Waals surface area contributed by atoms with Crippen molar-refractivity contribution in [3.05, 3.63) is 35.4 Å². The lowest BCUT2D eigenvalue weighted by Crippen LogP contribution is -2.53. The van der Waals surface area contributed by atoms with Crippen LogP contribution in [-0.4, -0.2) is 42.6 Å². The van der Waals surface area contributed by atoms with Crippen LogP contribution in [0.25, 0.3) is 0 Å². The molecule has 0 saturated carbocycles. The first-order valence-corrected chi connectivity index (χ1v) is 8.14. The number of piperidine rings is 1. The van der Waals surface area contributed by atoms with E-state index in [1.165, 1.54) is 13.2 Å². The minimum atomic E-state index is -0.871. The van der Waals surface area contributed by atoms with E-state index in [-0.39, 0.29) is 23.9 Å². The van der Waals surface area contributed by atoms with Gasteiger partial charge in [0.05, 0.1) is 6.04 Å². The van der Waals surface area contributed by atoms with Crippen molar-refractivity contribution in [1.29, 1.82) is 0 Å². The van der Waals surface area contributed by atoms with Crippen LogP contribution in [0.15, 0.2) is 18.2 Å². The first-order chi connectivity index (χ1) is 11.3. The molecule has 2 aliphatic heterocycles. The number of amides is 1. The van der Waals surface area contributed by atoms with Crippen molar-refractivity contribution in [2.24, 2.45) is 5.92 Å². The molecule has 24 heavy (non-hydrogen) atoms. The Morgan fingerprint density at radius 1 is 1.29 bits per heavy atom. The number of carbonyl (C=O) groups excluding carboxylic acids is 1. The fourth-order valence-electron chi connectivity index (χ4n) is 3.49. The summed E-state index contributed by atoms with van der Waals surface area (Å²) in [7, 11) is 1.52. The van der Waals surface area contributed by atoms with E-state index < -0.39 is 17.2 Å². The molecule has 2 heterocycles. The van der Waals surface area contributed by atoms with Crippen molar-refractivity contribution < 1.29 is 18.3 Å². The van der Waals surface area contributed by atoms with Gasteiger partial charge in [-0.25, -0.2) is 14.2 Å². The lowest BCUT2D eigenvalue weighted by atomic mass is 9.84. The van der Waals surface area contributed by atoms with Crippen molar-refractivity contribution >= 4 is 5.91 Å². The molecule has 2 N–H and O–H groups in total. The van der Waals surface area contributed by atoms with Crippen LogP contribution in [0.5, 0.6) is 0 Å². The van der Waals surface area contributed by atoms with E-state index in [2.05, 4.69) is 10.9 Å². The summed E-state index contributed by atoms with van der Waals surface area (Å²) < 4.78 is 32.0. The molecule has 2 saturated heterocycles. The van der Waals surface area contributed by atoms with Crippen LogP contribution in [0.1, 0.15) is 31.9 Å². The first-order valence-electron chi connectivity index (χ1n) is 8.14. The summed E-state index contributed by atoms with van der Waals surface area (Å²) >= 11 is 0. The van der Waals surface area contributed by atoms with Gasteiger partial charge in [0, 0.05) is 32.2 Å². The van der Waals surface area contributed by atoms with Crippen LogP contribution in [0, 0.1) is 17.6 Å². The second kappa shape index (κ2) is 6.38. The van der Waals surface area contributed by atoms with Crippen LogP contribution in [-0.2, 0) is 9.53 Å². The lowest BCUT2D eigenvalue weighted by molar-refractivity contribution is -0.153. The normalized spacial score (nSPS) is 27.2. The van der Waals surface area contributed by atoms with Crippen molar-refractivity contribution in [3.63, 3.8) is 0 Å². The highest BCUT2D eigenvalue weighted by Gasteiger charge is 2.44. The number of carbonyl (C=O) groups is 1. The Kier molecular flexibility index (Phi) is 4.59. The second-order valence-corrected chi connectivity index (χ2v) is 6.96. The number of ether oxygens (including phenoxy) is 1. The molecule has 0 bridgehead atoms. The van der Waals surface area contributed by atoms with Crippen LogP contribution in [0.2, 0.25) is 0 Å². The third kappa shape index (κ3) is 3.03. The average molecular weight is 339 g/mol. The Balaban J connectivity index is 1.79. The Hall–Kier alpha value is -1.57. The molecule has 3 unspecified atom stereocenters. The van der Waals surface area contributed by atoms with Gasteiger partial charge in [-0.2, -0.15) is 0 Å². The average Bonchev–Trinajstić information content (AvgIpc) is 2.99. The van der Waals surface area contributed by atoms with Gasteiger partial charge in [0.1, 0.15) is 5.60 Å². The van der Waals surface area contributed by atoms with E-state index in [9.17, 15) is 13.6 Å². The Labute approximate surface area is 140 Å². The van der Waals surface area contributed by atoms with Crippen LogP contribution in [0.4, 0.5) is 8.78 Å². The number of hydrazine groups is 1. The summed E-state index contributed by atoms with van der Waals surface area (Å²) in [5.41, 5.74) is 6.19. The van der Waals surface area contributed by atoms with Gasteiger partial charge in [-0.3, -0.25) is 10.2 Å². The number of nitrogens with one attached hydrogen (secondary N) is 2. The maximum atomic E-state index is 13.6. The highest BCUT2D eigenvalue weighted by Crippen LogP contribution is 2.35. The summed E-state index contributed by atoms with van der Waals surface area (Å²) in [6.45, 7) is 4.69. The van der Waals surface area contributed by atoms with Crippen molar-refractivity contribution in [3.8, 4) is 0 Å². The Morgan fingerprint density at radius 3 is 2.71 bits per heavy atom. The minimum Gasteiger partial charge on any atom is -0.369 e. The Morgan fingerprint density at radius 2 is 2.04 bits per heavy atom. The van der Waals surface area contributed by atoms with Gasteiger partial charge in [-0.05, 0) is 38.0 Å². The van der Waals surface area contributed by atoms with Crippen molar-refractivity contribution in [2.75, 3.05) is 20.2 Å². The van der Waals surface area contributed by atoms with E-state index in [1.54, 1.807) is 24.8 Å². The molecule has 5 nitrogen and oxygen atoms in total. The summed E-state index contributed by atoms with van der Waals surface area (Å²) in [5, 5.41) is 0. The molecule has 0 aromatic heterocycles. The molecule has 2 fully saturated rings.